The molecule has 0 spiro atoms. The molecule has 1 aromatic heterocycles. The molecule has 2 rings (SSSR count). The van der Waals surface area contributed by atoms with Gasteiger partial charge in [-0.1, -0.05) is 12.1 Å². The number of oxazole rings is 1. The fourth-order valence-electron chi connectivity index (χ4n) is 1.35. The molecule has 0 aliphatic heterocycles. The summed E-state index contributed by atoms with van der Waals surface area (Å²) in [4.78, 5) is 4.15. The van der Waals surface area contributed by atoms with Crippen molar-refractivity contribution in [3.8, 4) is 0 Å². The molecule has 0 saturated heterocycles. The molecule has 4 nitrogen and oxygen atoms in total. The van der Waals surface area contributed by atoms with Gasteiger partial charge in [-0.2, -0.15) is 0 Å². The van der Waals surface area contributed by atoms with Crippen LogP contribution in [0.4, 0.5) is 0 Å². The maximum atomic E-state index is 9.44. The minimum absolute atomic E-state index is 0.117. The molecular weight excluding hydrogens is 180 g/mol. The summed E-state index contributed by atoms with van der Waals surface area (Å²) in [5.41, 5.74) is 7.79. The van der Waals surface area contributed by atoms with Gasteiger partial charge in [0.25, 0.3) is 0 Å². The number of nitrogens with zero attached hydrogens (tertiary/aromatic N) is 1. The predicted octanol–water partition coefficient (Wildman–Crippen LogP) is 1.13. The lowest BCUT2D eigenvalue weighted by atomic mass is 10.2. The second-order valence-electron chi connectivity index (χ2n) is 3.23. The molecule has 3 N–H and O–H groups in total. The molecule has 0 radical (unpaired) electrons. The first-order valence-electron chi connectivity index (χ1n) is 4.46. The van der Waals surface area contributed by atoms with Gasteiger partial charge in [0, 0.05) is 6.54 Å². The summed E-state index contributed by atoms with van der Waals surface area (Å²) in [6.07, 6.45) is -0.818. The van der Waals surface area contributed by atoms with Crippen LogP contribution in [0, 0.1) is 6.92 Å². The predicted molar refractivity (Wildman–Crippen MR) is 52.8 cm³/mol. The number of benzene rings is 1. The smallest absolute Gasteiger partial charge is 0.225 e. The molecular formula is C10H12N2O2. The highest BCUT2D eigenvalue weighted by atomic mass is 16.4. The Labute approximate surface area is 81.4 Å². The van der Waals surface area contributed by atoms with Crippen LogP contribution in [0.3, 0.4) is 0 Å². The molecule has 1 atom stereocenters. The zero-order chi connectivity index (χ0) is 10.1. The fraction of sp³-hybridized carbons (Fsp3) is 0.300. The number of aliphatic hydroxyl groups excluding tert-OH is 1. The average molecular weight is 192 g/mol. The van der Waals surface area contributed by atoms with Crippen molar-refractivity contribution in [1.82, 2.24) is 4.98 Å². The van der Waals surface area contributed by atoms with Crippen LogP contribution in [0.2, 0.25) is 0 Å². The van der Waals surface area contributed by atoms with Crippen molar-refractivity contribution in [2.45, 2.75) is 13.0 Å². The Morgan fingerprint density at radius 1 is 1.57 bits per heavy atom. The lowest BCUT2D eigenvalue weighted by Crippen LogP contribution is -2.11. The van der Waals surface area contributed by atoms with E-state index in [2.05, 4.69) is 4.98 Å². The number of fused-ring (bicyclic) bond motifs is 1. The molecule has 74 valence electrons. The van der Waals surface area contributed by atoms with Gasteiger partial charge in [0.15, 0.2) is 5.58 Å². The van der Waals surface area contributed by atoms with E-state index in [1.807, 2.05) is 25.1 Å². The summed E-state index contributed by atoms with van der Waals surface area (Å²) in [5.74, 6) is 0.289. The van der Waals surface area contributed by atoms with Crippen molar-refractivity contribution in [3.63, 3.8) is 0 Å². The third-order valence-electron chi connectivity index (χ3n) is 2.14. The average Bonchev–Trinajstić information content (AvgIpc) is 2.62. The third-order valence-corrected chi connectivity index (χ3v) is 2.14. The summed E-state index contributed by atoms with van der Waals surface area (Å²) in [5, 5.41) is 9.44. The Kier molecular flexibility index (Phi) is 2.23. The van der Waals surface area contributed by atoms with E-state index in [0.29, 0.717) is 0 Å². The Hall–Kier alpha value is -1.39. The summed E-state index contributed by atoms with van der Waals surface area (Å²) in [7, 11) is 0. The van der Waals surface area contributed by atoms with Gasteiger partial charge >= 0.3 is 0 Å². The van der Waals surface area contributed by atoms with Gasteiger partial charge in [-0.05, 0) is 18.6 Å². The quantitative estimate of drug-likeness (QED) is 0.748. The fourth-order valence-corrected chi connectivity index (χ4v) is 1.35. The van der Waals surface area contributed by atoms with Gasteiger partial charge in [0.1, 0.15) is 11.6 Å². The van der Waals surface area contributed by atoms with Crippen LogP contribution in [0.1, 0.15) is 17.6 Å². The van der Waals surface area contributed by atoms with Crippen LogP contribution in [0.25, 0.3) is 11.1 Å². The molecule has 0 bridgehead atoms. The van der Waals surface area contributed by atoms with Crippen LogP contribution >= 0.6 is 0 Å². The van der Waals surface area contributed by atoms with Gasteiger partial charge in [-0.25, -0.2) is 4.98 Å². The van der Waals surface area contributed by atoms with Crippen LogP contribution in [0.5, 0.6) is 0 Å². The third kappa shape index (κ3) is 1.38. The highest BCUT2D eigenvalue weighted by Crippen LogP contribution is 2.22. The summed E-state index contributed by atoms with van der Waals surface area (Å²) < 4.78 is 5.41. The van der Waals surface area contributed by atoms with Gasteiger partial charge in [0.05, 0.1) is 0 Å². The van der Waals surface area contributed by atoms with Crippen LogP contribution in [0.15, 0.2) is 22.6 Å². The van der Waals surface area contributed by atoms with E-state index < -0.39 is 6.10 Å². The second kappa shape index (κ2) is 3.40. The summed E-state index contributed by atoms with van der Waals surface area (Å²) >= 11 is 0. The Bertz CT molecular complexity index is 450. The lowest BCUT2D eigenvalue weighted by molar-refractivity contribution is 0.154. The first-order chi connectivity index (χ1) is 6.72. The van der Waals surface area contributed by atoms with E-state index in [0.717, 1.165) is 16.7 Å². The van der Waals surface area contributed by atoms with Crippen molar-refractivity contribution >= 4 is 11.1 Å². The van der Waals surface area contributed by atoms with E-state index in [9.17, 15) is 5.11 Å². The molecule has 1 aromatic carbocycles. The van der Waals surface area contributed by atoms with Crippen LogP contribution in [-0.4, -0.2) is 16.6 Å². The molecule has 14 heavy (non-hydrogen) atoms. The normalized spacial score (nSPS) is 13.4. The summed E-state index contributed by atoms with van der Waals surface area (Å²) in [6.45, 7) is 2.05. The van der Waals surface area contributed by atoms with E-state index >= 15 is 0 Å². The zero-order valence-electron chi connectivity index (χ0n) is 7.90. The molecule has 0 amide bonds. The largest absolute Gasteiger partial charge is 0.438 e. The minimum atomic E-state index is -0.818. The maximum Gasteiger partial charge on any atom is 0.225 e. The van der Waals surface area contributed by atoms with Crippen molar-refractivity contribution in [2.24, 2.45) is 5.73 Å². The highest BCUT2D eigenvalue weighted by Gasteiger charge is 2.13. The first-order valence-corrected chi connectivity index (χ1v) is 4.46. The van der Waals surface area contributed by atoms with Crippen molar-refractivity contribution in [2.75, 3.05) is 6.54 Å². The monoisotopic (exact) mass is 192 g/mol. The van der Waals surface area contributed by atoms with Gasteiger partial charge in [-0.15, -0.1) is 0 Å². The van der Waals surface area contributed by atoms with Crippen molar-refractivity contribution < 1.29 is 9.52 Å². The minimum Gasteiger partial charge on any atom is -0.438 e. The molecule has 0 aliphatic rings. The van der Waals surface area contributed by atoms with Gasteiger partial charge in [0.2, 0.25) is 5.89 Å². The number of hydrogen-bond donors (Lipinski definition) is 2. The highest BCUT2D eigenvalue weighted by molar-refractivity contribution is 5.76. The molecule has 2 aromatic rings. The maximum absolute atomic E-state index is 9.44. The van der Waals surface area contributed by atoms with Gasteiger partial charge in [-0.3, -0.25) is 0 Å². The van der Waals surface area contributed by atoms with E-state index in [4.69, 9.17) is 10.2 Å². The number of nitrogens with two attached hydrogens (primary N) is 1. The number of rotatable bonds is 2. The zero-order valence-corrected chi connectivity index (χ0v) is 7.90. The molecule has 1 unspecified atom stereocenters. The number of aryl methyl sites for hydroxylation is 1. The van der Waals surface area contributed by atoms with E-state index in [1.165, 1.54) is 0 Å². The number of aromatic nitrogens is 1. The Morgan fingerprint density at radius 2 is 2.36 bits per heavy atom. The van der Waals surface area contributed by atoms with E-state index in [1.54, 1.807) is 0 Å². The van der Waals surface area contributed by atoms with Crippen LogP contribution in [-0.2, 0) is 0 Å². The van der Waals surface area contributed by atoms with Crippen molar-refractivity contribution in [3.05, 3.63) is 29.7 Å². The SMILES string of the molecule is Cc1cccc2nc(C(O)CN)oc12. The van der Waals surface area contributed by atoms with E-state index in [-0.39, 0.29) is 12.4 Å². The standard InChI is InChI=1S/C10H12N2O2/c1-6-3-2-4-7-9(6)14-10(12-7)8(13)5-11/h2-4,8,13H,5,11H2,1H3. The number of hydrogen-bond acceptors (Lipinski definition) is 4. The molecule has 1 heterocycles. The molecule has 0 saturated carbocycles. The Balaban J connectivity index is 2.56. The van der Waals surface area contributed by atoms with Crippen LogP contribution < -0.4 is 5.73 Å². The Morgan fingerprint density at radius 3 is 3.00 bits per heavy atom. The number of para-hydroxylation sites is 1. The lowest BCUT2D eigenvalue weighted by Gasteiger charge is -1.99. The first kappa shape index (κ1) is 9.18. The van der Waals surface area contributed by atoms with Gasteiger partial charge < -0.3 is 15.3 Å². The molecule has 4 heteroatoms. The second-order valence-corrected chi connectivity index (χ2v) is 3.23. The number of aliphatic hydroxyl groups is 1. The molecule has 0 aliphatic carbocycles. The molecule has 0 fully saturated rings. The van der Waals surface area contributed by atoms with Crippen molar-refractivity contribution in [1.29, 1.82) is 0 Å². The summed E-state index contributed by atoms with van der Waals surface area (Å²) in [6, 6.07) is 5.68. The topological polar surface area (TPSA) is 72.3 Å².